The van der Waals surface area contributed by atoms with Crippen molar-refractivity contribution in [3.63, 3.8) is 0 Å². The normalized spacial score (nSPS) is 11.4. The molecule has 0 fully saturated rings. The van der Waals surface area contributed by atoms with Crippen LogP contribution < -0.4 is 4.74 Å². The molecule has 7 heteroatoms. The van der Waals surface area contributed by atoms with Crippen molar-refractivity contribution in [3.8, 4) is 5.75 Å². The first-order valence-electron chi connectivity index (χ1n) is 7.38. The molecule has 130 valence electrons. The van der Waals surface area contributed by atoms with Gasteiger partial charge in [0.2, 0.25) is 0 Å². The number of carboxylic acid groups (broad SMARTS) is 1. The van der Waals surface area contributed by atoms with E-state index >= 15 is 0 Å². The minimum absolute atomic E-state index is 0.157. The van der Waals surface area contributed by atoms with E-state index in [2.05, 4.69) is 20.0 Å². The standard InChI is InChI=1S/C18H18N2O5/c1-23-19-11-13-7-4-6-10-16(13)25-12-14-8-3-5-9-15(14)17(18(21)22)20-24-2/h3-11H,12H2,1-2H3,(H,21,22). The van der Waals surface area contributed by atoms with Crippen molar-refractivity contribution in [1.82, 2.24) is 0 Å². The predicted octanol–water partition coefficient (Wildman–Crippen LogP) is 2.68. The Morgan fingerprint density at radius 3 is 2.52 bits per heavy atom. The Bertz CT molecular complexity index is 787. The van der Waals surface area contributed by atoms with Gasteiger partial charge >= 0.3 is 5.97 Å². The lowest BCUT2D eigenvalue weighted by atomic mass is 10.0. The molecule has 2 rings (SSSR count). The Morgan fingerprint density at radius 1 is 1.08 bits per heavy atom. The molecule has 0 amide bonds. The lowest BCUT2D eigenvalue weighted by Crippen LogP contribution is -2.17. The van der Waals surface area contributed by atoms with Crippen molar-refractivity contribution >= 4 is 17.9 Å². The van der Waals surface area contributed by atoms with E-state index in [0.29, 0.717) is 16.9 Å². The Balaban J connectivity index is 2.27. The van der Waals surface area contributed by atoms with Gasteiger partial charge in [-0.1, -0.05) is 46.7 Å². The van der Waals surface area contributed by atoms with Crippen LogP contribution in [0.25, 0.3) is 0 Å². The molecule has 0 radical (unpaired) electrons. The van der Waals surface area contributed by atoms with E-state index in [0.717, 1.165) is 5.56 Å². The number of ether oxygens (including phenoxy) is 1. The number of nitrogens with zero attached hydrogens (tertiary/aromatic N) is 2. The van der Waals surface area contributed by atoms with E-state index in [9.17, 15) is 9.90 Å². The van der Waals surface area contributed by atoms with Crippen molar-refractivity contribution in [2.75, 3.05) is 14.2 Å². The van der Waals surface area contributed by atoms with E-state index in [1.807, 2.05) is 18.2 Å². The monoisotopic (exact) mass is 342 g/mol. The molecule has 0 unspecified atom stereocenters. The smallest absolute Gasteiger partial charge is 0.358 e. The van der Waals surface area contributed by atoms with Gasteiger partial charge < -0.3 is 19.5 Å². The maximum absolute atomic E-state index is 11.4. The van der Waals surface area contributed by atoms with Crippen LogP contribution in [0.4, 0.5) is 0 Å². The molecule has 2 aromatic rings. The van der Waals surface area contributed by atoms with Gasteiger partial charge in [0.25, 0.3) is 0 Å². The number of para-hydroxylation sites is 1. The van der Waals surface area contributed by atoms with Crippen molar-refractivity contribution in [3.05, 3.63) is 65.2 Å². The summed E-state index contributed by atoms with van der Waals surface area (Å²) in [4.78, 5) is 20.7. The van der Waals surface area contributed by atoms with Gasteiger partial charge in [0.15, 0.2) is 5.71 Å². The zero-order valence-corrected chi connectivity index (χ0v) is 13.9. The summed E-state index contributed by atoms with van der Waals surface area (Å²) >= 11 is 0. The summed E-state index contributed by atoms with van der Waals surface area (Å²) in [5.74, 6) is -0.583. The molecule has 0 heterocycles. The molecule has 0 aliphatic rings. The number of carbonyl (C=O) groups is 1. The lowest BCUT2D eigenvalue weighted by molar-refractivity contribution is -0.129. The first kappa shape index (κ1) is 18.0. The van der Waals surface area contributed by atoms with E-state index in [1.54, 1.807) is 30.3 Å². The topological polar surface area (TPSA) is 89.7 Å². The molecular formula is C18H18N2O5. The molecule has 0 saturated carbocycles. The average molecular weight is 342 g/mol. The number of rotatable bonds is 8. The van der Waals surface area contributed by atoms with Gasteiger partial charge in [-0.05, 0) is 17.7 Å². The third kappa shape index (κ3) is 4.81. The highest BCUT2D eigenvalue weighted by Crippen LogP contribution is 2.19. The molecule has 0 aromatic heterocycles. The van der Waals surface area contributed by atoms with Crippen molar-refractivity contribution in [2.45, 2.75) is 6.61 Å². The second-order valence-electron chi connectivity index (χ2n) is 4.83. The van der Waals surface area contributed by atoms with Crippen LogP contribution in [0.3, 0.4) is 0 Å². The van der Waals surface area contributed by atoms with Gasteiger partial charge in [-0.2, -0.15) is 0 Å². The van der Waals surface area contributed by atoms with Gasteiger partial charge in [0.05, 0.1) is 6.21 Å². The molecule has 25 heavy (non-hydrogen) atoms. The fourth-order valence-electron chi connectivity index (χ4n) is 2.16. The zero-order chi connectivity index (χ0) is 18.1. The minimum Gasteiger partial charge on any atom is -0.488 e. The Morgan fingerprint density at radius 2 is 1.80 bits per heavy atom. The summed E-state index contributed by atoms with van der Waals surface area (Å²) < 4.78 is 5.83. The fourth-order valence-corrected chi connectivity index (χ4v) is 2.16. The van der Waals surface area contributed by atoms with E-state index in [1.165, 1.54) is 20.4 Å². The summed E-state index contributed by atoms with van der Waals surface area (Å²) in [6, 6.07) is 14.3. The quantitative estimate of drug-likeness (QED) is 0.588. The molecule has 0 aliphatic carbocycles. The number of hydrogen-bond acceptors (Lipinski definition) is 6. The Kier molecular flexibility index (Phi) is 6.53. The van der Waals surface area contributed by atoms with E-state index < -0.39 is 5.97 Å². The first-order chi connectivity index (χ1) is 12.2. The summed E-state index contributed by atoms with van der Waals surface area (Å²) in [6.45, 7) is 0.157. The van der Waals surface area contributed by atoms with Crippen LogP contribution in [-0.2, 0) is 21.1 Å². The lowest BCUT2D eigenvalue weighted by Gasteiger charge is -2.12. The number of benzene rings is 2. The number of oxime groups is 2. The van der Waals surface area contributed by atoms with Gasteiger partial charge in [0, 0.05) is 11.1 Å². The summed E-state index contributed by atoms with van der Waals surface area (Å²) in [5.41, 5.74) is 1.65. The van der Waals surface area contributed by atoms with Crippen molar-refractivity contribution < 1.29 is 24.3 Å². The molecule has 0 atom stereocenters. The molecule has 1 N–H and O–H groups in total. The van der Waals surface area contributed by atoms with Crippen LogP contribution in [0.2, 0.25) is 0 Å². The van der Waals surface area contributed by atoms with Crippen LogP contribution in [0, 0.1) is 0 Å². The fraction of sp³-hybridized carbons (Fsp3) is 0.167. The van der Waals surface area contributed by atoms with Gasteiger partial charge in [-0.3, -0.25) is 0 Å². The molecule has 7 nitrogen and oxygen atoms in total. The maximum atomic E-state index is 11.4. The highest BCUT2D eigenvalue weighted by Gasteiger charge is 2.17. The van der Waals surface area contributed by atoms with Gasteiger partial charge in [-0.25, -0.2) is 4.79 Å². The number of hydrogen-bond donors (Lipinski definition) is 1. The predicted molar refractivity (Wildman–Crippen MR) is 93.0 cm³/mol. The summed E-state index contributed by atoms with van der Waals surface area (Å²) in [7, 11) is 2.76. The third-order valence-corrected chi connectivity index (χ3v) is 3.26. The van der Waals surface area contributed by atoms with Crippen molar-refractivity contribution in [1.29, 1.82) is 0 Å². The summed E-state index contributed by atoms with van der Waals surface area (Å²) in [5, 5.41) is 16.6. The molecule has 0 spiro atoms. The van der Waals surface area contributed by atoms with Crippen LogP contribution in [0.1, 0.15) is 16.7 Å². The van der Waals surface area contributed by atoms with E-state index in [-0.39, 0.29) is 12.3 Å². The molecule has 2 aromatic carbocycles. The second kappa shape index (κ2) is 9.07. The van der Waals surface area contributed by atoms with Crippen molar-refractivity contribution in [2.24, 2.45) is 10.3 Å². The Labute approximate surface area is 145 Å². The number of carboxylic acids is 1. The van der Waals surface area contributed by atoms with Crippen LogP contribution >= 0.6 is 0 Å². The van der Waals surface area contributed by atoms with E-state index in [4.69, 9.17) is 4.74 Å². The first-order valence-corrected chi connectivity index (χ1v) is 7.38. The van der Waals surface area contributed by atoms with Crippen LogP contribution in [0.15, 0.2) is 58.8 Å². The van der Waals surface area contributed by atoms with Gasteiger partial charge in [0.1, 0.15) is 26.6 Å². The molecule has 0 saturated heterocycles. The van der Waals surface area contributed by atoms with Gasteiger partial charge in [-0.15, -0.1) is 0 Å². The maximum Gasteiger partial charge on any atom is 0.358 e. The molecular weight excluding hydrogens is 324 g/mol. The molecule has 0 bridgehead atoms. The largest absolute Gasteiger partial charge is 0.488 e. The number of aliphatic carboxylic acids is 1. The average Bonchev–Trinajstić information content (AvgIpc) is 2.63. The zero-order valence-electron chi connectivity index (χ0n) is 13.9. The highest BCUT2D eigenvalue weighted by molar-refractivity contribution is 6.42. The minimum atomic E-state index is -1.18. The summed E-state index contributed by atoms with van der Waals surface area (Å²) in [6.07, 6.45) is 1.54. The highest BCUT2D eigenvalue weighted by atomic mass is 16.6. The Hall–Kier alpha value is -3.35. The van der Waals surface area contributed by atoms with Crippen LogP contribution in [-0.4, -0.2) is 37.2 Å². The molecule has 0 aliphatic heterocycles. The van der Waals surface area contributed by atoms with Crippen LogP contribution in [0.5, 0.6) is 5.75 Å². The third-order valence-electron chi connectivity index (χ3n) is 3.26. The SMILES string of the molecule is CON=Cc1ccccc1OCc1ccccc1C(=NOC)C(=O)O. The second-order valence-corrected chi connectivity index (χ2v) is 4.83.